The first-order valence-corrected chi connectivity index (χ1v) is 8.62. The van der Waals surface area contributed by atoms with Crippen molar-refractivity contribution in [1.82, 2.24) is 9.62 Å². The van der Waals surface area contributed by atoms with Gasteiger partial charge >= 0.3 is 0 Å². The molecule has 4 nitrogen and oxygen atoms in total. The summed E-state index contributed by atoms with van der Waals surface area (Å²) in [5.41, 5.74) is 1.03. The highest BCUT2D eigenvalue weighted by Crippen LogP contribution is 2.32. The fraction of sp³-hybridized carbons (Fsp3) is 0.667. The van der Waals surface area contributed by atoms with E-state index in [2.05, 4.69) is 5.32 Å². The average molecular weight is 288 g/mol. The molecule has 1 heterocycles. The van der Waals surface area contributed by atoms with E-state index in [9.17, 15) is 8.42 Å². The maximum absolute atomic E-state index is 12.5. The van der Waals surface area contributed by atoms with Crippen molar-refractivity contribution in [2.75, 3.05) is 20.1 Å². The third-order valence-corrected chi connectivity index (χ3v) is 6.52. The molecule has 1 saturated carbocycles. The van der Waals surface area contributed by atoms with Crippen molar-refractivity contribution in [3.63, 3.8) is 0 Å². The Morgan fingerprint density at radius 2 is 2.22 bits per heavy atom. The quantitative estimate of drug-likeness (QED) is 0.833. The van der Waals surface area contributed by atoms with Gasteiger partial charge in [0.25, 0.3) is 10.0 Å². The summed E-state index contributed by atoms with van der Waals surface area (Å²) in [5, 5.41) is 4.94. The standard InChI is InChI=1S/C12H20N2O2S2/c1-3-14(8-10-4-5-10)18(15,16)12-6-11(7-13-2)9-17-12/h6,9-10,13H,3-5,7-8H2,1-2H3. The molecule has 1 N–H and O–H groups in total. The highest BCUT2D eigenvalue weighted by Gasteiger charge is 2.31. The Kier molecular flexibility index (Phi) is 4.42. The van der Waals surface area contributed by atoms with Gasteiger partial charge in [0.05, 0.1) is 0 Å². The highest BCUT2D eigenvalue weighted by atomic mass is 32.2. The number of hydrogen-bond donors (Lipinski definition) is 1. The molecule has 1 aromatic rings. The molecule has 0 amide bonds. The van der Waals surface area contributed by atoms with Gasteiger partial charge in [0.1, 0.15) is 4.21 Å². The number of nitrogens with one attached hydrogen (secondary N) is 1. The molecule has 1 fully saturated rings. The SMILES string of the molecule is CCN(CC1CC1)S(=O)(=O)c1cc(CNC)cs1. The fourth-order valence-corrected chi connectivity index (χ4v) is 4.79. The summed E-state index contributed by atoms with van der Waals surface area (Å²) in [6.07, 6.45) is 2.34. The molecule has 1 aliphatic carbocycles. The number of sulfonamides is 1. The minimum absolute atomic E-state index is 0.468. The van der Waals surface area contributed by atoms with Crippen molar-refractivity contribution < 1.29 is 8.42 Å². The van der Waals surface area contributed by atoms with Gasteiger partial charge in [0, 0.05) is 19.6 Å². The molecule has 0 saturated heterocycles. The average Bonchev–Trinajstić information content (AvgIpc) is 3.03. The van der Waals surface area contributed by atoms with Gasteiger partial charge in [-0.3, -0.25) is 0 Å². The Morgan fingerprint density at radius 3 is 2.78 bits per heavy atom. The first-order valence-electron chi connectivity index (χ1n) is 6.30. The van der Waals surface area contributed by atoms with Gasteiger partial charge in [0.15, 0.2) is 0 Å². The highest BCUT2D eigenvalue weighted by molar-refractivity contribution is 7.91. The van der Waals surface area contributed by atoms with E-state index in [0.717, 1.165) is 5.56 Å². The Bertz CT molecular complexity index is 492. The van der Waals surface area contributed by atoms with E-state index in [-0.39, 0.29) is 0 Å². The maximum atomic E-state index is 12.5. The molecule has 0 aliphatic heterocycles. The van der Waals surface area contributed by atoms with E-state index < -0.39 is 10.0 Å². The van der Waals surface area contributed by atoms with Crippen molar-refractivity contribution >= 4 is 21.4 Å². The predicted octanol–water partition coefficient (Wildman–Crippen LogP) is 1.89. The van der Waals surface area contributed by atoms with Gasteiger partial charge in [-0.2, -0.15) is 4.31 Å². The van der Waals surface area contributed by atoms with E-state index >= 15 is 0 Å². The lowest BCUT2D eigenvalue weighted by Gasteiger charge is -2.19. The molecule has 0 unspecified atom stereocenters. The fourth-order valence-electron chi connectivity index (χ4n) is 1.90. The Labute approximate surface area is 113 Å². The Hall–Kier alpha value is -0.430. The van der Waals surface area contributed by atoms with Gasteiger partial charge in [0.2, 0.25) is 0 Å². The van der Waals surface area contributed by atoms with Crippen molar-refractivity contribution in [2.24, 2.45) is 5.92 Å². The lowest BCUT2D eigenvalue weighted by Crippen LogP contribution is -2.32. The summed E-state index contributed by atoms with van der Waals surface area (Å²) < 4.78 is 27.0. The number of nitrogens with zero attached hydrogens (tertiary/aromatic N) is 1. The van der Waals surface area contributed by atoms with Crippen LogP contribution in [0.2, 0.25) is 0 Å². The normalized spacial score (nSPS) is 16.4. The molecule has 0 atom stereocenters. The van der Waals surface area contributed by atoms with Crippen LogP contribution in [0.3, 0.4) is 0 Å². The van der Waals surface area contributed by atoms with Crippen LogP contribution in [0, 0.1) is 5.92 Å². The lowest BCUT2D eigenvalue weighted by molar-refractivity contribution is 0.413. The van der Waals surface area contributed by atoms with E-state index in [1.165, 1.54) is 24.2 Å². The van der Waals surface area contributed by atoms with Crippen LogP contribution in [0.1, 0.15) is 25.3 Å². The molecular formula is C12H20N2O2S2. The summed E-state index contributed by atoms with van der Waals surface area (Å²) in [6.45, 7) is 3.85. The third kappa shape index (κ3) is 3.12. The molecule has 1 aromatic heterocycles. The Morgan fingerprint density at radius 1 is 1.50 bits per heavy atom. The summed E-state index contributed by atoms with van der Waals surface area (Å²) in [7, 11) is -1.42. The van der Waals surface area contributed by atoms with E-state index in [0.29, 0.717) is 29.8 Å². The molecule has 18 heavy (non-hydrogen) atoms. The van der Waals surface area contributed by atoms with Crippen LogP contribution >= 0.6 is 11.3 Å². The Balaban J connectivity index is 2.15. The van der Waals surface area contributed by atoms with Crippen LogP contribution in [-0.2, 0) is 16.6 Å². The number of thiophene rings is 1. The molecule has 0 radical (unpaired) electrons. The molecular weight excluding hydrogens is 268 g/mol. The van der Waals surface area contributed by atoms with Crippen molar-refractivity contribution in [3.8, 4) is 0 Å². The van der Waals surface area contributed by atoms with Gasteiger partial charge < -0.3 is 5.32 Å². The summed E-state index contributed by atoms with van der Waals surface area (Å²) >= 11 is 1.32. The minimum atomic E-state index is -3.28. The zero-order valence-electron chi connectivity index (χ0n) is 10.8. The second kappa shape index (κ2) is 5.69. The second-order valence-corrected chi connectivity index (χ2v) is 7.78. The van der Waals surface area contributed by atoms with E-state index in [1.54, 1.807) is 10.4 Å². The summed E-state index contributed by atoms with van der Waals surface area (Å²) in [6, 6.07) is 1.78. The van der Waals surface area contributed by atoms with Crippen LogP contribution in [0.25, 0.3) is 0 Å². The number of hydrogen-bond acceptors (Lipinski definition) is 4. The molecule has 1 aliphatic rings. The van der Waals surface area contributed by atoms with Crippen LogP contribution in [-0.4, -0.2) is 32.9 Å². The maximum Gasteiger partial charge on any atom is 0.252 e. The predicted molar refractivity (Wildman–Crippen MR) is 74.2 cm³/mol. The van der Waals surface area contributed by atoms with E-state index in [1.807, 2.05) is 19.4 Å². The van der Waals surface area contributed by atoms with Crippen molar-refractivity contribution in [3.05, 3.63) is 17.0 Å². The van der Waals surface area contributed by atoms with Crippen LogP contribution < -0.4 is 5.32 Å². The molecule has 0 spiro atoms. The van der Waals surface area contributed by atoms with Crippen molar-refractivity contribution in [1.29, 1.82) is 0 Å². The summed E-state index contributed by atoms with van der Waals surface area (Å²) in [5.74, 6) is 0.580. The van der Waals surface area contributed by atoms with Gasteiger partial charge in [-0.05, 0) is 42.8 Å². The third-order valence-electron chi connectivity index (χ3n) is 3.12. The zero-order chi connectivity index (χ0) is 13.2. The van der Waals surface area contributed by atoms with Gasteiger partial charge in [-0.15, -0.1) is 11.3 Å². The minimum Gasteiger partial charge on any atom is -0.316 e. The zero-order valence-corrected chi connectivity index (χ0v) is 12.5. The van der Waals surface area contributed by atoms with E-state index in [4.69, 9.17) is 0 Å². The topological polar surface area (TPSA) is 49.4 Å². The molecule has 0 bridgehead atoms. The van der Waals surface area contributed by atoms with Crippen molar-refractivity contribution in [2.45, 2.75) is 30.5 Å². The van der Waals surface area contributed by atoms with Gasteiger partial charge in [-0.25, -0.2) is 8.42 Å². The molecule has 0 aromatic carbocycles. The van der Waals surface area contributed by atoms with Gasteiger partial charge in [-0.1, -0.05) is 6.92 Å². The van der Waals surface area contributed by atoms with Crippen LogP contribution in [0.4, 0.5) is 0 Å². The smallest absolute Gasteiger partial charge is 0.252 e. The molecule has 6 heteroatoms. The molecule has 102 valence electrons. The lowest BCUT2D eigenvalue weighted by atomic mass is 10.3. The van der Waals surface area contributed by atoms with Crippen LogP contribution in [0.15, 0.2) is 15.7 Å². The second-order valence-electron chi connectivity index (χ2n) is 4.70. The monoisotopic (exact) mass is 288 g/mol. The molecule has 2 rings (SSSR count). The first kappa shape index (κ1) is 14.0. The largest absolute Gasteiger partial charge is 0.316 e. The summed E-state index contributed by atoms with van der Waals surface area (Å²) in [4.78, 5) is 0. The number of rotatable bonds is 7. The first-order chi connectivity index (χ1) is 8.57. The van der Waals surface area contributed by atoms with Crippen LogP contribution in [0.5, 0.6) is 0 Å².